The molecule has 86 valence electrons. The van der Waals surface area contributed by atoms with E-state index in [9.17, 15) is 9.90 Å². The van der Waals surface area contributed by atoms with Crippen LogP contribution in [0.2, 0.25) is 0 Å². The molecule has 0 aromatic rings. The summed E-state index contributed by atoms with van der Waals surface area (Å²) in [5.41, 5.74) is 0.728. The molecule has 1 rings (SSSR count). The Bertz CT molecular complexity index is 249. The van der Waals surface area contributed by atoms with Gasteiger partial charge in [0, 0.05) is 13.0 Å². The fraction of sp³-hybridized carbons (Fsp3) is 0.727. The minimum Gasteiger partial charge on any atom is -0.387 e. The number of hydrogen-bond acceptors (Lipinski definition) is 4. The van der Waals surface area contributed by atoms with Crippen molar-refractivity contribution in [1.82, 2.24) is 0 Å². The molecule has 0 unspecified atom stereocenters. The van der Waals surface area contributed by atoms with E-state index in [-0.39, 0.29) is 12.0 Å². The maximum absolute atomic E-state index is 10.3. The third-order valence-electron chi connectivity index (χ3n) is 2.80. The molecular formula is C11H18O4. The first kappa shape index (κ1) is 12.4. The lowest BCUT2D eigenvalue weighted by atomic mass is 9.90. The first-order valence-corrected chi connectivity index (χ1v) is 5.06. The zero-order valence-electron chi connectivity index (χ0n) is 9.34. The Morgan fingerprint density at radius 1 is 1.60 bits per heavy atom. The van der Waals surface area contributed by atoms with Gasteiger partial charge in [0.2, 0.25) is 0 Å². The molecule has 1 fully saturated rings. The van der Waals surface area contributed by atoms with Crippen LogP contribution in [0.15, 0.2) is 11.6 Å². The Kier molecular flexibility index (Phi) is 4.45. The molecule has 1 saturated heterocycles. The molecule has 0 saturated carbocycles. The van der Waals surface area contributed by atoms with Crippen LogP contribution in [0.1, 0.15) is 13.8 Å². The number of aldehydes is 1. The zero-order chi connectivity index (χ0) is 11.4. The van der Waals surface area contributed by atoms with Gasteiger partial charge in [0.05, 0.1) is 12.7 Å². The lowest BCUT2D eigenvalue weighted by Crippen LogP contribution is -2.50. The Morgan fingerprint density at radius 2 is 2.27 bits per heavy atom. The van der Waals surface area contributed by atoms with E-state index in [2.05, 4.69) is 0 Å². The lowest BCUT2D eigenvalue weighted by Gasteiger charge is -2.38. The van der Waals surface area contributed by atoms with Crippen LogP contribution in [0, 0.1) is 5.92 Å². The molecule has 0 aromatic carbocycles. The number of aliphatic hydroxyl groups excluding tert-OH is 1. The van der Waals surface area contributed by atoms with Crippen molar-refractivity contribution in [3.05, 3.63) is 11.6 Å². The number of allylic oxidation sites excluding steroid dienone is 1. The molecular weight excluding hydrogens is 196 g/mol. The monoisotopic (exact) mass is 214 g/mol. The van der Waals surface area contributed by atoms with Gasteiger partial charge >= 0.3 is 0 Å². The summed E-state index contributed by atoms with van der Waals surface area (Å²) in [4.78, 5) is 10.3. The minimum atomic E-state index is -0.713. The molecule has 0 aliphatic carbocycles. The molecule has 1 N–H and O–H groups in total. The van der Waals surface area contributed by atoms with Gasteiger partial charge in [0.1, 0.15) is 18.5 Å². The SMILES string of the molecule is CO[C@@H]1[C@@H](O)[C@H](/C(C)=C/C=O)OC[C@@H]1C. The van der Waals surface area contributed by atoms with E-state index >= 15 is 0 Å². The van der Waals surface area contributed by atoms with E-state index in [0.717, 1.165) is 5.57 Å². The number of ether oxygens (including phenoxy) is 2. The van der Waals surface area contributed by atoms with Gasteiger partial charge in [0.25, 0.3) is 0 Å². The first-order chi connectivity index (χ1) is 7.11. The minimum absolute atomic E-state index is 0.158. The van der Waals surface area contributed by atoms with Crippen molar-refractivity contribution >= 4 is 6.29 Å². The van der Waals surface area contributed by atoms with E-state index in [0.29, 0.717) is 12.9 Å². The Morgan fingerprint density at radius 3 is 2.80 bits per heavy atom. The average molecular weight is 214 g/mol. The van der Waals surface area contributed by atoms with Crippen LogP contribution < -0.4 is 0 Å². The van der Waals surface area contributed by atoms with Gasteiger partial charge in [0.15, 0.2) is 0 Å². The molecule has 15 heavy (non-hydrogen) atoms. The molecule has 0 radical (unpaired) electrons. The molecule has 0 bridgehead atoms. The second-order valence-electron chi connectivity index (χ2n) is 3.97. The first-order valence-electron chi connectivity index (χ1n) is 5.06. The third-order valence-corrected chi connectivity index (χ3v) is 2.80. The highest BCUT2D eigenvalue weighted by Gasteiger charge is 2.38. The highest BCUT2D eigenvalue weighted by molar-refractivity contribution is 5.66. The summed E-state index contributed by atoms with van der Waals surface area (Å²) in [7, 11) is 1.57. The van der Waals surface area contributed by atoms with E-state index in [1.54, 1.807) is 14.0 Å². The summed E-state index contributed by atoms with van der Waals surface area (Å²) in [5.74, 6) is 0.158. The number of hydrogen-bond donors (Lipinski definition) is 1. The van der Waals surface area contributed by atoms with E-state index in [1.165, 1.54) is 6.08 Å². The van der Waals surface area contributed by atoms with E-state index < -0.39 is 12.2 Å². The van der Waals surface area contributed by atoms with Gasteiger partial charge in [-0.2, -0.15) is 0 Å². The standard InChI is InChI=1S/C11H18O4/c1-7(4-5-12)11-9(13)10(14-3)8(2)6-15-11/h4-5,8-11,13H,6H2,1-3H3/b7-4+/t8-,9+,10-,11-/m0/s1. The number of aliphatic hydroxyl groups is 1. The lowest BCUT2D eigenvalue weighted by molar-refractivity contribution is -0.158. The summed E-state index contributed by atoms with van der Waals surface area (Å²) in [6, 6.07) is 0. The van der Waals surface area contributed by atoms with Crippen LogP contribution in [0.25, 0.3) is 0 Å². The number of methoxy groups -OCH3 is 1. The summed E-state index contributed by atoms with van der Waals surface area (Å²) in [6.07, 6.45) is 0.729. The van der Waals surface area contributed by atoms with Gasteiger partial charge in [-0.25, -0.2) is 0 Å². The fourth-order valence-corrected chi connectivity index (χ4v) is 1.93. The van der Waals surface area contributed by atoms with Gasteiger partial charge in [-0.1, -0.05) is 6.92 Å². The highest BCUT2D eigenvalue weighted by atomic mass is 16.5. The van der Waals surface area contributed by atoms with Gasteiger partial charge in [-0.3, -0.25) is 4.79 Å². The molecule has 1 aliphatic rings. The van der Waals surface area contributed by atoms with Crippen LogP contribution >= 0.6 is 0 Å². The van der Waals surface area contributed by atoms with Crippen LogP contribution in [-0.2, 0) is 14.3 Å². The van der Waals surface area contributed by atoms with Crippen molar-refractivity contribution in [2.75, 3.05) is 13.7 Å². The quantitative estimate of drug-likeness (QED) is 0.550. The predicted molar refractivity (Wildman–Crippen MR) is 55.5 cm³/mol. The van der Waals surface area contributed by atoms with E-state index in [1.807, 2.05) is 6.92 Å². The number of carbonyl (C=O) groups excluding carboxylic acids is 1. The second-order valence-corrected chi connectivity index (χ2v) is 3.97. The fourth-order valence-electron chi connectivity index (χ4n) is 1.93. The van der Waals surface area contributed by atoms with Crippen molar-refractivity contribution in [2.24, 2.45) is 5.92 Å². The summed E-state index contributed by atoms with van der Waals surface area (Å²) >= 11 is 0. The molecule has 0 amide bonds. The highest BCUT2D eigenvalue weighted by Crippen LogP contribution is 2.26. The smallest absolute Gasteiger partial charge is 0.142 e. The van der Waals surface area contributed by atoms with Crippen molar-refractivity contribution in [2.45, 2.75) is 32.2 Å². The predicted octanol–water partition coefficient (Wildman–Crippen LogP) is 0.542. The second kappa shape index (κ2) is 5.39. The molecule has 1 heterocycles. The molecule has 4 atom stereocenters. The Hall–Kier alpha value is -0.710. The van der Waals surface area contributed by atoms with Crippen LogP contribution in [0.3, 0.4) is 0 Å². The van der Waals surface area contributed by atoms with Gasteiger partial charge in [-0.05, 0) is 18.6 Å². The topological polar surface area (TPSA) is 55.8 Å². The zero-order valence-corrected chi connectivity index (χ0v) is 9.34. The summed E-state index contributed by atoms with van der Waals surface area (Å²) in [6.45, 7) is 4.27. The van der Waals surface area contributed by atoms with E-state index in [4.69, 9.17) is 9.47 Å². The van der Waals surface area contributed by atoms with Crippen LogP contribution in [-0.4, -0.2) is 43.4 Å². The third kappa shape index (κ3) is 2.65. The van der Waals surface area contributed by atoms with Gasteiger partial charge < -0.3 is 14.6 Å². The summed E-state index contributed by atoms with van der Waals surface area (Å²) < 4.78 is 10.7. The maximum Gasteiger partial charge on any atom is 0.142 e. The van der Waals surface area contributed by atoms with Crippen molar-refractivity contribution < 1.29 is 19.4 Å². The van der Waals surface area contributed by atoms with Crippen molar-refractivity contribution in [3.8, 4) is 0 Å². The largest absolute Gasteiger partial charge is 0.387 e. The van der Waals surface area contributed by atoms with Gasteiger partial charge in [-0.15, -0.1) is 0 Å². The Labute approximate surface area is 89.9 Å². The molecule has 0 spiro atoms. The molecule has 1 aliphatic heterocycles. The van der Waals surface area contributed by atoms with Crippen LogP contribution in [0.4, 0.5) is 0 Å². The van der Waals surface area contributed by atoms with Crippen molar-refractivity contribution in [1.29, 1.82) is 0 Å². The average Bonchev–Trinajstić information content (AvgIpc) is 2.18. The Balaban J connectivity index is 2.76. The van der Waals surface area contributed by atoms with Crippen LogP contribution in [0.5, 0.6) is 0 Å². The number of carbonyl (C=O) groups is 1. The number of rotatable bonds is 3. The molecule has 0 aromatic heterocycles. The molecule has 4 nitrogen and oxygen atoms in total. The maximum atomic E-state index is 10.3. The molecule has 4 heteroatoms. The van der Waals surface area contributed by atoms with Crippen molar-refractivity contribution in [3.63, 3.8) is 0 Å². The summed E-state index contributed by atoms with van der Waals surface area (Å²) in [5, 5.41) is 9.99. The normalized spacial score (nSPS) is 37.7.